The molecule has 0 aromatic heterocycles. The summed E-state index contributed by atoms with van der Waals surface area (Å²) in [4.78, 5) is 16.3. The lowest BCUT2D eigenvalue weighted by molar-refractivity contribution is -0.116. The second kappa shape index (κ2) is 8.78. The maximum atomic E-state index is 12.0. The van der Waals surface area contributed by atoms with E-state index in [1.165, 1.54) is 11.1 Å². The van der Waals surface area contributed by atoms with E-state index in [2.05, 4.69) is 75.0 Å². The molecule has 6 heteroatoms. The Labute approximate surface area is 175 Å². The SMILES string of the molecule is CN=C(NCC1CC(=O)Nc2ccccc21)NCC(C)(C)c1cccc(Br)c1. The summed E-state index contributed by atoms with van der Waals surface area (Å²) in [6.07, 6.45) is 0.477. The molecule has 0 radical (unpaired) electrons. The fourth-order valence-electron chi connectivity index (χ4n) is 3.44. The van der Waals surface area contributed by atoms with Gasteiger partial charge in [-0.05, 0) is 29.3 Å². The Hall–Kier alpha value is -2.34. The van der Waals surface area contributed by atoms with E-state index < -0.39 is 0 Å². The number of halogens is 1. The van der Waals surface area contributed by atoms with Crippen LogP contribution in [0.2, 0.25) is 0 Å². The molecule has 1 aliphatic heterocycles. The zero-order chi connectivity index (χ0) is 20.1. The van der Waals surface area contributed by atoms with Crippen LogP contribution in [0.1, 0.15) is 37.3 Å². The Morgan fingerprint density at radius 2 is 2.00 bits per heavy atom. The first kappa shape index (κ1) is 20.4. The Morgan fingerprint density at radius 1 is 1.21 bits per heavy atom. The van der Waals surface area contributed by atoms with E-state index in [1.807, 2.05) is 24.3 Å². The minimum atomic E-state index is -0.0568. The Bertz CT molecular complexity index is 878. The molecule has 0 spiro atoms. The van der Waals surface area contributed by atoms with Gasteiger partial charge in [-0.2, -0.15) is 0 Å². The predicted molar refractivity (Wildman–Crippen MR) is 119 cm³/mol. The van der Waals surface area contributed by atoms with Crippen LogP contribution < -0.4 is 16.0 Å². The molecule has 5 nitrogen and oxygen atoms in total. The topological polar surface area (TPSA) is 65.5 Å². The van der Waals surface area contributed by atoms with Gasteiger partial charge in [-0.1, -0.05) is 60.1 Å². The Kier molecular flexibility index (Phi) is 6.39. The fourth-order valence-corrected chi connectivity index (χ4v) is 3.84. The molecule has 2 aromatic rings. The molecule has 1 aliphatic rings. The number of carbonyl (C=O) groups is 1. The quantitative estimate of drug-likeness (QED) is 0.483. The summed E-state index contributed by atoms with van der Waals surface area (Å²) in [5.74, 6) is 0.928. The van der Waals surface area contributed by atoms with Crippen molar-refractivity contribution in [2.24, 2.45) is 4.99 Å². The van der Waals surface area contributed by atoms with Crippen LogP contribution in [0, 0.1) is 0 Å². The van der Waals surface area contributed by atoms with Gasteiger partial charge in [0.2, 0.25) is 5.91 Å². The van der Waals surface area contributed by atoms with E-state index in [4.69, 9.17) is 0 Å². The number of rotatable bonds is 5. The summed E-state index contributed by atoms with van der Waals surface area (Å²) in [7, 11) is 1.77. The Balaban J connectivity index is 1.60. The van der Waals surface area contributed by atoms with Crippen molar-refractivity contribution < 1.29 is 4.79 Å². The van der Waals surface area contributed by atoms with Crippen LogP contribution in [0.4, 0.5) is 5.69 Å². The maximum absolute atomic E-state index is 12.0. The Morgan fingerprint density at radius 3 is 2.75 bits per heavy atom. The highest BCUT2D eigenvalue weighted by molar-refractivity contribution is 9.10. The number of para-hydroxylation sites is 1. The monoisotopic (exact) mass is 442 g/mol. The zero-order valence-corrected chi connectivity index (χ0v) is 18.1. The van der Waals surface area contributed by atoms with Gasteiger partial charge in [0.1, 0.15) is 0 Å². The van der Waals surface area contributed by atoms with Gasteiger partial charge in [-0.25, -0.2) is 0 Å². The van der Waals surface area contributed by atoms with Crippen molar-refractivity contribution in [3.8, 4) is 0 Å². The van der Waals surface area contributed by atoms with Gasteiger partial charge in [-0.15, -0.1) is 0 Å². The number of aliphatic imine (C=N–C) groups is 1. The number of guanidine groups is 1. The average molecular weight is 443 g/mol. The minimum Gasteiger partial charge on any atom is -0.356 e. The molecule has 2 aromatic carbocycles. The van der Waals surface area contributed by atoms with Crippen LogP contribution in [0.25, 0.3) is 0 Å². The molecule has 1 amide bonds. The number of amides is 1. The maximum Gasteiger partial charge on any atom is 0.225 e. The molecule has 1 unspecified atom stereocenters. The van der Waals surface area contributed by atoms with E-state index >= 15 is 0 Å². The van der Waals surface area contributed by atoms with Crippen molar-refractivity contribution in [2.45, 2.75) is 31.6 Å². The van der Waals surface area contributed by atoms with E-state index in [0.717, 1.165) is 22.7 Å². The van der Waals surface area contributed by atoms with E-state index in [0.29, 0.717) is 13.0 Å². The van der Waals surface area contributed by atoms with Crippen LogP contribution in [0.15, 0.2) is 58.0 Å². The molecule has 148 valence electrons. The highest BCUT2D eigenvalue weighted by Gasteiger charge is 2.25. The van der Waals surface area contributed by atoms with E-state index in [9.17, 15) is 4.79 Å². The van der Waals surface area contributed by atoms with Crippen molar-refractivity contribution in [2.75, 3.05) is 25.5 Å². The second-order valence-electron chi connectivity index (χ2n) is 7.74. The summed E-state index contributed by atoms with van der Waals surface area (Å²) in [6.45, 7) is 5.81. The van der Waals surface area contributed by atoms with Crippen LogP contribution >= 0.6 is 15.9 Å². The molecule has 0 aliphatic carbocycles. The van der Waals surface area contributed by atoms with Crippen LogP contribution in [0.3, 0.4) is 0 Å². The van der Waals surface area contributed by atoms with E-state index in [1.54, 1.807) is 7.05 Å². The first-order valence-electron chi connectivity index (χ1n) is 9.48. The van der Waals surface area contributed by atoms with Gasteiger partial charge in [0.15, 0.2) is 5.96 Å². The highest BCUT2D eigenvalue weighted by atomic mass is 79.9. The standard InChI is InChI=1S/C22H27BrN4O/c1-22(2,16-7-6-8-17(23)12-16)14-26-21(24-3)25-13-15-11-20(28)27-19-10-5-4-9-18(15)19/h4-10,12,15H,11,13-14H2,1-3H3,(H,27,28)(H2,24,25,26). The second-order valence-corrected chi connectivity index (χ2v) is 8.65. The molecule has 28 heavy (non-hydrogen) atoms. The number of nitrogens with zero attached hydrogens (tertiary/aromatic N) is 1. The van der Waals surface area contributed by atoms with Crippen molar-refractivity contribution in [3.63, 3.8) is 0 Å². The average Bonchev–Trinajstić information content (AvgIpc) is 2.67. The summed E-state index contributed by atoms with van der Waals surface area (Å²) in [5, 5.41) is 9.75. The van der Waals surface area contributed by atoms with Gasteiger partial charge in [0.05, 0.1) is 0 Å². The summed E-state index contributed by atoms with van der Waals surface area (Å²) < 4.78 is 1.08. The zero-order valence-electron chi connectivity index (χ0n) is 16.6. The number of carbonyl (C=O) groups excluding carboxylic acids is 1. The molecule has 0 saturated heterocycles. The van der Waals surface area contributed by atoms with Crippen molar-refractivity contribution in [1.82, 2.24) is 10.6 Å². The number of benzene rings is 2. The third-order valence-corrected chi connectivity index (χ3v) is 5.64. The predicted octanol–water partition coefficient (Wildman–Crippen LogP) is 4.02. The third-order valence-electron chi connectivity index (χ3n) is 5.15. The molecule has 0 bridgehead atoms. The van der Waals surface area contributed by atoms with Crippen LogP contribution in [0.5, 0.6) is 0 Å². The first-order valence-corrected chi connectivity index (χ1v) is 10.3. The van der Waals surface area contributed by atoms with Crippen molar-refractivity contribution >= 4 is 33.5 Å². The van der Waals surface area contributed by atoms with Crippen LogP contribution in [-0.4, -0.2) is 32.0 Å². The largest absolute Gasteiger partial charge is 0.356 e. The number of fused-ring (bicyclic) bond motifs is 1. The lowest BCUT2D eigenvalue weighted by Crippen LogP contribution is -2.45. The van der Waals surface area contributed by atoms with Gasteiger partial charge >= 0.3 is 0 Å². The first-order chi connectivity index (χ1) is 13.4. The smallest absolute Gasteiger partial charge is 0.225 e. The fraction of sp³-hybridized carbons (Fsp3) is 0.364. The molecule has 0 saturated carbocycles. The van der Waals surface area contributed by atoms with Gasteiger partial charge < -0.3 is 16.0 Å². The number of anilines is 1. The van der Waals surface area contributed by atoms with Gasteiger partial charge in [0.25, 0.3) is 0 Å². The number of nitrogens with one attached hydrogen (secondary N) is 3. The van der Waals surface area contributed by atoms with Crippen molar-refractivity contribution in [1.29, 1.82) is 0 Å². The third kappa shape index (κ3) is 4.93. The van der Waals surface area contributed by atoms with Crippen LogP contribution in [-0.2, 0) is 10.2 Å². The molecule has 1 atom stereocenters. The lowest BCUT2D eigenvalue weighted by atomic mass is 9.85. The number of hydrogen-bond acceptors (Lipinski definition) is 2. The minimum absolute atomic E-state index is 0.0568. The molecule has 1 heterocycles. The summed E-state index contributed by atoms with van der Waals surface area (Å²) in [6, 6.07) is 16.4. The highest BCUT2D eigenvalue weighted by Crippen LogP contribution is 2.31. The lowest BCUT2D eigenvalue weighted by Gasteiger charge is -2.29. The molecule has 3 N–H and O–H groups in total. The summed E-state index contributed by atoms with van der Waals surface area (Å²) in [5.41, 5.74) is 3.27. The van der Waals surface area contributed by atoms with Gasteiger partial charge in [-0.3, -0.25) is 9.79 Å². The van der Waals surface area contributed by atoms with Crippen molar-refractivity contribution in [3.05, 3.63) is 64.1 Å². The molecular weight excluding hydrogens is 416 g/mol. The number of hydrogen-bond donors (Lipinski definition) is 3. The summed E-state index contributed by atoms with van der Waals surface area (Å²) >= 11 is 3.55. The molecule has 0 fully saturated rings. The van der Waals surface area contributed by atoms with E-state index in [-0.39, 0.29) is 17.2 Å². The normalized spacial score (nSPS) is 16.9. The molecule has 3 rings (SSSR count). The van der Waals surface area contributed by atoms with Gasteiger partial charge in [0, 0.05) is 48.1 Å². The molecular formula is C22H27BrN4O.